The second-order valence-corrected chi connectivity index (χ2v) is 8.05. The Morgan fingerprint density at radius 2 is 1.56 bits per heavy atom. The van der Waals surface area contributed by atoms with E-state index in [4.69, 9.17) is 4.74 Å². The molecule has 1 heterocycles. The molecule has 1 aliphatic heterocycles. The first kappa shape index (κ1) is 19.2. The van der Waals surface area contributed by atoms with Gasteiger partial charge in [-0.2, -0.15) is 0 Å². The van der Waals surface area contributed by atoms with Crippen molar-refractivity contribution in [3.8, 4) is 0 Å². The Balaban J connectivity index is 1.55. The van der Waals surface area contributed by atoms with Crippen LogP contribution in [0.2, 0.25) is 0 Å². The highest BCUT2D eigenvalue weighted by atomic mass is 16.5. The number of hydrogen-bond acceptors (Lipinski definition) is 3. The zero-order chi connectivity index (χ0) is 19.4. The molecule has 1 atom stereocenters. The summed E-state index contributed by atoms with van der Waals surface area (Å²) in [6.07, 6.45) is 1.35. The molecule has 1 fully saturated rings. The summed E-state index contributed by atoms with van der Waals surface area (Å²) in [6.45, 7) is 8.42. The molecular weight excluding hydrogens is 338 g/mol. The van der Waals surface area contributed by atoms with Crippen LogP contribution in [-0.2, 0) is 10.2 Å². The minimum absolute atomic E-state index is 0.0984. The van der Waals surface area contributed by atoms with Crippen LogP contribution in [0.15, 0.2) is 48.5 Å². The van der Waals surface area contributed by atoms with Crippen molar-refractivity contribution in [1.29, 1.82) is 0 Å². The van der Waals surface area contributed by atoms with Crippen molar-refractivity contribution in [3.05, 3.63) is 54.1 Å². The molecule has 0 unspecified atom stereocenters. The summed E-state index contributed by atoms with van der Waals surface area (Å²) in [5.74, 6) is 0. The van der Waals surface area contributed by atoms with Crippen LogP contribution in [-0.4, -0.2) is 32.3 Å². The smallest absolute Gasteiger partial charge is 0.323 e. The van der Waals surface area contributed by atoms with E-state index in [0.29, 0.717) is 6.10 Å². The summed E-state index contributed by atoms with van der Waals surface area (Å²) in [5.41, 5.74) is 4.03. The van der Waals surface area contributed by atoms with Gasteiger partial charge in [0.2, 0.25) is 0 Å². The van der Waals surface area contributed by atoms with Crippen LogP contribution in [0.1, 0.15) is 32.8 Å². The Hall–Kier alpha value is -2.53. The maximum Gasteiger partial charge on any atom is 0.323 e. The molecule has 0 aliphatic carbocycles. The van der Waals surface area contributed by atoms with Gasteiger partial charge < -0.3 is 20.3 Å². The molecular formula is C22H29N3O2. The second kappa shape index (κ2) is 8.01. The monoisotopic (exact) mass is 367 g/mol. The van der Waals surface area contributed by atoms with Crippen LogP contribution >= 0.6 is 0 Å². The third kappa shape index (κ3) is 5.01. The van der Waals surface area contributed by atoms with E-state index in [2.05, 4.69) is 36.3 Å². The van der Waals surface area contributed by atoms with E-state index in [1.807, 2.05) is 48.5 Å². The highest BCUT2D eigenvalue weighted by Gasteiger charge is 2.22. The number of benzene rings is 2. The van der Waals surface area contributed by atoms with E-state index >= 15 is 0 Å². The number of carbonyl (C=O) groups excluding carboxylic acids is 1. The summed E-state index contributed by atoms with van der Waals surface area (Å²) in [5, 5.41) is 5.75. The fourth-order valence-electron chi connectivity index (χ4n) is 3.26. The number of urea groups is 1. The zero-order valence-corrected chi connectivity index (χ0v) is 16.6. The molecule has 1 aliphatic rings. The Morgan fingerprint density at radius 3 is 2.04 bits per heavy atom. The van der Waals surface area contributed by atoms with E-state index in [9.17, 15) is 4.79 Å². The normalized spacial score (nSPS) is 17.0. The Labute approximate surface area is 161 Å². The summed E-state index contributed by atoms with van der Waals surface area (Å²) >= 11 is 0. The number of rotatable bonds is 4. The molecule has 2 aromatic carbocycles. The van der Waals surface area contributed by atoms with E-state index in [1.165, 1.54) is 5.56 Å². The van der Waals surface area contributed by atoms with Gasteiger partial charge in [0, 0.05) is 37.3 Å². The van der Waals surface area contributed by atoms with Gasteiger partial charge in [0.25, 0.3) is 0 Å². The lowest BCUT2D eigenvalue weighted by atomic mass is 9.87. The summed E-state index contributed by atoms with van der Waals surface area (Å²) in [6, 6.07) is 15.6. The van der Waals surface area contributed by atoms with Crippen LogP contribution in [0.5, 0.6) is 0 Å². The third-order valence-electron chi connectivity index (χ3n) is 4.98. The number of carbonyl (C=O) groups is 1. The van der Waals surface area contributed by atoms with Crippen molar-refractivity contribution in [2.45, 2.75) is 38.7 Å². The topological polar surface area (TPSA) is 53.6 Å². The zero-order valence-electron chi connectivity index (χ0n) is 16.6. The van der Waals surface area contributed by atoms with Crippen LogP contribution in [0.3, 0.4) is 0 Å². The van der Waals surface area contributed by atoms with Gasteiger partial charge in [-0.05, 0) is 53.8 Å². The van der Waals surface area contributed by atoms with Gasteiger partial charge in [0.15, 0.2) is 0 Å². The fourth-order valence-corrected chi connectivity index (χ4v) is 3.26. The van der Waals surface area contributed by atoms with Gasteiger partial charge in [-0.3, -0.25) is 0 Å². The lowest BCUT2D eigenvalue weighted by molar-refractivity contribution is 0.121. The maximum absolute atomic E-state index is 12.2. The van der Waals surface area contributed by atoms with Gasteiger partial charge in [-0.15, -0.1) is 0 Å². The number of ether oxygens (including phenoxy) is 1. The van der Waals surface area contributed by atoms with Gasteiger partial charge >= 0.3 is 6.03 Å². The SMILES string of the molecule is CO[C@@H]1CCN(c2ccc(NC(=O)Nc3ccc(C(C)(C)C)cc3)cc2)C1. The van der Waals surface area contributed by atoms with Crippen LogP contribution in [0.25, 0.3) is 0 Å². The first-order valence-corrected chi connectivity index (χ1v) is 9.41. The maximum atomic E-state index is 12.2. The Bertz CT molecular complexity index is 764. The quantitative estimate of drug-likeness (QED) is 0.812. The van der Waals surface area contributed by atoms with E-state index in [1.54, 1.807) is 7.11 Å². The average Bonchev–Trinajstić information content (AvgIpc) is 3.11. The highest BCUT2D eigenvalue weighted by Crippen LogP contribution is 2.25. The van der Waals surface area contributed by atoms with Crippen molar-refractivity contribution < 1.29 is 9.53 Å². The molecule has 0 aromatic heterocycles. The molecule has 2 amide bonds. The molecule has 144 valence electrons. The van der Waals surface area contributed by atoms with Crippen molar-refractivity contribution in [3.63, 3.8) is 0 Å². The predicted octanol–water partition coefficient (Wildman–Crippen LogP) is 4.85. The fraction of sp³-hybridized carbons (Fsp3) is 0.409. The van der Waals surface area contributed by atoms with E-state index < -0.39 is 0 Å². The standard InChI is InChI=1S/C22H29N3O2/c1-22(2,3)16-5-7-17(8-6-16)23-21(26)24-18-9-11-19(12-10-18)25-14-13-20(15-25)27-4/h5-12,20H,13-15H2,1-4H3,(H2,23,24,26)/t20-/m1/s1. The predicted molar refractivity (Wildman–Crippen MR) is 112 cm³/mol. The summed E-state index contributed by atoms with van der Waals surface area (Å²) in [4.78, 5) is 14.5. The minimum atomic E-state index is -0.244. The summed E-state index contributed by atoms with van der Waals surface area (Å²) < 4.78 is 5.41. The van der Waals surface area contributed by atoms with E-state index in [-0.39, 0.29) is 11.4 Å². The number of nitrogens with one attached hydrogen (secondary N) is 2. The van der Waals surface area contributed by atoms with Crippen molar-refractivity contribution in [2.75, 3.05) is 35.7 Å². The number of amides is 2. The summed E-state index contributed by atoms with van der Waals surface area (Å²) in [7, 11) is 1.76. The Kier molecular flexibility index (Phi) is 5.71. The van der Waals surface area contributed by atoms with Crippen molar-refractivity contribution in [2.24, 2.45) is 0 Å². The van der Waals surface area contributed by atoms with Crippen LogP contribution in [0, 0.1) is 0 Å². The van der Waals surface area contributed by atoms with E-state index in [0.717, 1.165) is 36.6 Å². The Morgan fingerprint density at radius 1 is 1.00 bits per heavy atom. The molecule has 2 aromatic rings. The van der Waals surface area contributed by atoms with Gasteiger partial charge in [-0.25, -0.2) is 4.79 Å². The first-order chi connectivity index (χ1) is 12.8. The van der Waals surface area contributed by atoms with Gasteiger partial charge in [0.05, 0.1) is 6.10 Å². The molecule has 3 rings (SSSR count). The highest BCUT2D eigenvalue weighted by molar-refractivity contribution is 5.99. The molecule has 0 spiro atoms. The van der Waals surface area contributed by atoms with Crippen LogP contribution < -0.4 is 15.5 Å². The van der Waals surface area contributed by atoms with Crippen molar-refractivity contribution >= 4 is 23.1 Å². The number of methoxy groups -OCH3 is 1. The largest absolute Gasteiger partial charge is 0.380 e. The van der Waals surface area contributed by atoms with Gasteiger partial charge in [-0.1, -0.05) is 32.9 Å². The molecule has 0 saturated carbocycles. The molecule has 0 radical (unpaired) electrons. The lowest BCUT2D eigenvalue weighted by Gasteiger charge is -2.19. The molecule has 5 nitrogen and oxygen atoms in total. The molecule has 1 saturated heterocycles. The molecule has 0 bridgehead atoms. The van der Waals surface area contributed by atoms with Gasteiger partial charge in [0.1, 0.15) is 0 Å². The molecule has 5 heteroatoms. The molecule has 2 N–H and O–H groups in total. The van der Waals surface area contributed by atoms with Crippen LogP contribution in [0.4, 0.5) is 21.9 Å². The minimum Gasteiger partial charge on any atom is -0.380 e. The number of hydrogen-bond donors (Lipinski definition) is 2. The average molecular weight is 367 g/mol. The third-order valence-corrected chi connectivity index (χ3v) is 4.98. The second-order valence-electron chi connectivity index (χ2n) is 8.05. The molecule has 27 heavy (non-hydrogen) atoms. The number of anilines is 3. The first-order valence-electron chi connectivity index (χ1n) is 9.41. The number of nitrogens with zero attached hydrogens (tertiary/aromatic N) is 1. The lowest BCUT2D eigenvalue weighted by Crippen LogP contribution is -2.22. The van der Waals surface area contributed by atoms with Crippen molar-refractivity contribution in [1.82, 2.24) is 0 Å².